The molecule has 0 spiro atoms. The highest BCUT2D eigenvalue weighted by molar-refractivity contribution is 6.15. The van der Waals surface area contributed by atoms with Crippen LogP contribution in [0.15, 0.2) is 203 Å². The Labute approximate surface area is 317 Å². The number of rotatable bonds is 6. The summed E-state index contributed by atoms with van der Waals surface area (Å²) in [6, 6.07) is 68.3. The van der Waals surface area contributed by atoms with Gasteiger partial charge in [-0.2, -0.15) is 0 Å². The molecule has 55 heavy (non-hydrogen) atoms. The van der Waals surface area contributed by atoms with E-state index < -0.39 is 0 Å². The van der Waals surface area contributed by atoms with E-state index in [0.717, 1.165) is 66.8 Å². The van der Waals surface area contributed by atoms with Crippen LogP contribution >= 0.6 is 0 Å². The van der Waals surface area contributed by atoms with E-state index in [1.807, 2.05) is 36.4 Å². The van der Waals surface area contributed by atoms with E-state index >= 15 is 0 Å². The van der Waals surface area contributed by atoms with Gasteiger partial charge in [-0.05, 0) is 81.4 Å². The van der Waals surface area contributed by atoms with Crippen molar-refractivity contribution >= 4 is 71.6 Å². The standard InChI is InChI=1S/C51H32N2O2/c1-3-13-33(14-4-1)36-18-11-19-39(29-36)53(47-30-37-17-7-8-20-40(37)42-21-9-10-22-43(42)47)38-27-25-34(26-28-38)41-23-12-24-44-45-31-49-46(32-48(45)54-50(41)44)52-51(55-49)35-15-5-2-6-16-35/h1-32H. The van der Waals surface area contributed by atoms with Gasteiger partial charge in [-0.25, -0.2) is 4.98 Å². The van der Waals surface area contributed by atoms with Gasteiger partial charge in [-0.1, -0.05) is 140 Å². The second-order valence-electron chi connectivity index (χ2n) is 13.9. The molecule has 4 nitrogen and oxygen atoms in total. The van der Waals surface area contributed by atoms with Crippen LogP contribution in [0.3, 0.4) is 0 Å². The van der Waals surface area contributed by atoms with Gasteiger partial charge in [-0.15, -0.1) is 0 Å². The number of benzene rings is 9. The van der Waals surface area contributed by atoms with Gasteiger partial charge in [-0.3, -0.25) is 0 Å². The number of aromatic nitrogens is 1. The minimum Gasteiger partial charge on any atom is -0.455 e. The number of nitrogens with zero attached hydrogens (tertiary/aromatic N) is 2. The summed E-state index contributed by atoms with van der Waals surface area (Å²) in [5.74, 6) is 0.603. The first-order valence-electron chi connectivity index (χ1n) is 18.5. The van der Waals surface area contributed by atoms with Crippen LogP contribution in [-0.4, -0.2) is 4.98 Å². The fourth-order valence-corrected chi connectivity index (χ4v) is 8.04. The number of para-hydroxylation sites is 1. The lowest BCUT2D eigenvalue weighted by Gasteiger charge is -2.28. The Morgan fingerprint density at radius 2 is 1.05 bits per heavy atom. The lowest BCUT2D eigenvalue weighted by molar-refractivity contribution is 0.620. The molecule has 258 valence electrons. The minimum absolute atomic E-state index is 0.603. The Morgan fingerprint density at radius 3 is 1.87 bits per heavy atom. The van der Waals surface area contributed by atoms with Crippen molar-refractivity contribution in [1.82, 2.24) is 4.98 Å². The number of oxazole rings is 1. The number of hydrogen-bond donors (Lipinski definition) is 0. The zero-order valence-corrected chi connectivity index (χ0v) is 29.7. The maximum absolute atomic E-state index is 6.63. The third kappa shape index (κ3) is 5.26. The number of fused-ring (bicyclic) bond motifs is 7. The molecule has 11 aromatic rings. The van der Waals surface area contributed by atoms with E-state index in [1.54, 1.807) is 0 Å². The predicted octanol–water partition coefficient (Wildman–Crippen LogP) is 14.5. The first kappa shape index (κ1) is 31.1. The van der Waals surface area contributed by atoms with Gasteiger partial charge < -0.3 is 13.7 Å². The smallest absolute Gasteiger partial charge is 0.227 e. The Hall–Kier alpha value is -7.43. The van der Waals surface area contributed by atoms with Crippen LogP contribution < -0.4 is 4.90 Å². The number of hydrogen-bond acceptors (Lipinski definition) is 4. The highest BCUT2D eigenvalue weighted by atomic mass is 16.4. The van der Waals surface area contributed by atoms with Crippen molar-refractivity contribution in [3.63, 3.8) is 0 Å². The Morgan fingerprint density at radius 1 is 0.382 bits per heavy atom. The summed E-state index contributed by atoms with van der Waals surface area (Å²) in [4.78, 5) is 7.17. The van der Waals surface area contributed by atoms with Crippen LogP contribution in [0.25, 0.3) is 88.3 Å². The molecule has 4 heteroatoms. The second-order valence-corrected chi connectivity index (χ2v) is 13.9. The molecule has 0 radical (unpaired) electrons. The van der Waals surface area contributed by atoms with Gasteiger partial charge in [0.25, 0.3) is 0 Å². The SMILES string of the molecule is c1ccc(-c2cccc(N(c3ccc(-c4cccc5c4oc4cc6nc(-c7ccccc7)oc6cc45)cc3)c3cc4ccccc4c4ccccc34)c2)cc1. The average Bonchev–Trinajstić information content (AvgIpc) is 3.85. The van der Waals surface area contributed by atoms with Crippen LogP contribution in [0.2, 0.25) is 0 Å². The highest BCUT2D eigenvalue weighted by Gasteiger charge is 2.20. The van der Waals surface area contributed by atoms with Crippen LogP contribution in [-0.2, 0) is 0 Å². The summed E-state index contributed by atoms with van der Waals surface area (Å²) < 4.78 is 12.9. The van der Waals surface area contributed by atoms with Crippen molar-refractivity contribution in [2.75, 3.05) is 4.90 Å². The van der Waals surface area contributed by atoms with E-state index in [-0.39, 0.29) is 0 Å². The topological polar surface area (TPSA) is 42.4 Å². The van der Waals surface area contributed by atoms with Crippen LogP contribution in [0.1, 0.15) is 0 Å². The molecule has 0 fully saturated rings. The molecule has 0 atom stereocenters. The molecule has 0 amide bonds. The molecule has 0 saturated carbocycles. The highest BCUT2D eigenvalue weighted by Crippen LogP contribution is 2.44. The van der Waals surface area contributed by atoms with Gasteiger partial charge >= 0.3 is 0 Å². The van der Waals surface area contributed by atoms with Crippen molar-refractivity contribution in [2.45, 2.75) is 0 Å². The van der Waals surface area contributed by atoms with E-state index in [9.17, 15) is 0 Å². The summed E-state index contributed by atoms with van der Waals surface area (Å²) in [6.07, 6.45) is 0. The normalized spacial score (nSPS) is 11.6. The summed E-state index contributed by atoms with van der Waals surface area (Å²) in [6.45, 7) is 0. The quantitative estimate of drug-likeness (QED) is 0.162. The summed E-state index contributed by atoms with van der Waals surface area (Å²) in [7, 11) is 0. The molecule has 0 unspecified atom stereocenters. The molecule has 0 N–H and O–H groups in total. The van der Waals surface area contributed by atoms with Crippen molar-refractivity contribution in [2.24, 2.45) is 0 Å². The summed E-state index contributed by atoms with van der Waals surface area (Å²) >= 11 is 0. The van der Waals surface area contributed by atoms with E-state index in [0.29, 0.717) is 5.89 Å². The molecular weight excluding hydrogens is 673 g/mol. The molecule has 0 bridgehead atoms. The van der Waals surface area contributed by atoms with Crippen molar-refractivity contribution < 1.29 is 8.83 Å². The fourth-order valence-electron chi connectivity index (χ4n) is 8.04. The summed E-state index contributed by atoms with van der Waals surface area (Å²) in [5.41, 5.74) is 11.8. The van der Waals surface area contributed by atoms with E-state index in [2.05, 4.69) is 163 Å². The minimum atomic E-state index is 0.603. The van der Waals surface area contributed by atoms with Gasteiger partial charge in [0.15, 0.2) is 5.58 Å². The van der Waals surface area contributed by atoms with Crippen LogP contribution in [0.5, 0.6) is 0 Å². The largest absolute Gasteiger partial charge is 0.455 e. The lowest BCUT2D eigenvalue weighted by atomic mass is 9.98. The molecule has 0 aliphatic heterocycles. The monoisotopic (exact) mass is 704 g/mol. The zero-order chi connectivity index (χ0) is 36.3. The second kappa shape index (κ2) is 12.6. The van der Waals surface area contributed by atoms with Gasteiger partial charge in [0.2, 0.25) is 5.89 Å². The first-order valence-corrected chi connectivity index (χ1v) is 18.5. The molecule has 0 aliphatic rings. The Balaban J connectivity index is 1.05. The maximum Gasteiger partial charge on any atom is 0.227 e. The van der Waals surface area contributed by atoms with Crippen molar-refractivity contribution in [3.8, 4) is 33.7 Å². The maximum atomic E-state index is 6.63. The molecule has 0 saturated heterocycles. The molecule has 0 aliphatic carbocycles. The Bertz CT molecular complexity index is 3200. The zero-order valence-electron chi connectivity index (χ0n) is 29.7. The number of furan rings is 1. The Kier molecular flexibility index (Phi) is 7.14. The molecule has 2 aromatic heterocycles. The van der Waals surface area contributed by atoms with Crippen LogP contribution in [0.4, 0.5) is 17.1 Å². The summed E-state index contributed by atoms with van der Waals surface area (Å²) in [5, 5.41) is 6.91. The lowest BCUT2D eigenvalue weighted by Crippen LogP contribution is -2.10. The van der Waals surface area contributed by atoms with E-state index in [1.165, 1.54) is 32.7 Å². The first-order chi connectivity index (χ1) is 27.2. The third-order valence-electron chi connectivity index (χ3n) is 10.7. The third-order valence-corrected chi connectivity index (χ3v) is 10.7. The number of anilines is 3. The fraction of sp³-hybridized carbons (Fsp3) is 0. The molecule has 11 rings (SSSR count). The van der Waals surface area contributed by atoms with Gasteiger partial charge in [0.05, 0.1) is 5.69 Å². The molecule has 9 aromatic carbocycles. The average molecular weight is 705 g/mol. The van der Waals surface area contributed by atoms with Crippen molar-refractivity contribution in [1.29, 1.82) is 0 Å². The van der Waals surface area contributed by atoms with E-state index in [4.69, 9.17) is 13.8 Å². The molecule has 2 heterocycles. The van der Waals surface area contributed by atoms with Gasteiger partial charge in [0, 0.05) is 44.7 Å². The van der Waals surface area contributed by atoms with Crippen molar-refractivity contribution in [3.05, 3.63) is 194 Å². The van der Waals surface area contributed by atoms with Gasteiger partial charge in [0.1, 0.15) is 16.7 Å². The van der Waals surface area contributed by atoms with Crippen LogP contribution in [0, 0.1) is 0 Å². The predicted molar refractivity (Wildman–Crippen MR) is 227 cm³/mol. The molecular formula is C51H32N2O2.